The van der Waals surface area contributed by atoms with Gasteiger partial charge in [0.15, 0.2) is 0 Å². The van der Waals surface area contributed by atoms with Crippen LogP contribution in [-0.2, 0) is 14.6 Å². The summed E-state index contributed by atoms with van der Waals surface area (Å²) >= 11 is 0. The Labute approximate surface area is 98.3 Å². The molecule has 0 aromatic heterocycles. The molecule has 2 rings (SSSR count). The van der Waals surface area contributed by atoms with E-state index in [-0.39, 0.29) is 22.6 Å². The summed E-state index contributed by atoms with van der Waals surface area (Å²) in [6, 6.07) is 4.75. The molecule has 17 heavy (non-hydrogen) atoms. The summed E-state index contributed by atoms with van der Waals surface area (Å²) in [5.74, 6) is -0.832. The van der Waals surface area contributed by atoms with E-state index in [1.54, 1.807) is 12.1 Å². The highest BCUT2D eigenvalue weighted by Gasteiger charge is 2.31. The number of fused-ring (bicyclic) bond motifs is 1. The van der Waals surface area contributed by atoms with E-state index in [9.17, 15) is 13.2 Å². The van der Waals surface area contributed by atoms with Gasteiger partial charge in [0, 0.05) is 11.0 Å². The Morgan fingerprint density at radius 1 is 1.41 bits per heavy atom. The zero-order chi connectivity index (χ0) is 12.6. The minimum Gasteiger partial charge on any atom is -0.495 e. The number of hydrogen-bond donors (Lipinski definition) is 1. The van der Waals surface area contributed by atoms with Crippen molar-refractivity contribution in [3.63, 3.8) is 0 Å². The van der Waals surface area contributed by atoms with Crippen molar-refractivity contribution in [2.75, 3.05) is 7.11 Å². The number of aliphatic carboxylic acids is 1. The van der Waals surface area contributed by atoms with Crippen LogP contribution in [0, 0.1) is 0 Å². The van der Waals surface area contributed by atoms with Crippen LogP contribution in [0.3, 0.4) is 0 Å². The summed E-state index contributed by atoms with van der Waals surface area (Å²) in [7, 11) is -2.22. The lowest BCUT2D eigenvalue weighted by Crippen LogP contribution is -1.98. The third kappa shape index (κ3) is 1.91. The lowest BCUT2D eigenvalue weighted by molar-refractivity contribution is -0.135. The average molecular weight is 254 g/mol. The first-order valence-electron chi connectivity index (χ1n) is 4.80. The molecule has 90 valence electrons. The van der Waals surface area contributed by atoms with Gasteiger partial charge in [-0.05, 0) is 11.6 Å². The van der Waals surface area contributed by atoms with Gasteiger partial charge in [-0.1, -0.05) is 12.1 Å². The molecular weight excluding hydrogens is 244 g/mol. The van der Waals surface area contributed by atoms with Crippen molar-refractivity contribution in [2.24, 2.45) is 0 Å². The van der Waals surface area contributed by atoms with Crippen molar-refractivity contribution in [1.29, 1.82) is 0 Å². The molecule has 1 heterocycles. The number of carboxylic acid groups (broad SMARTS) is 1. The average Bonchev–Trinajstić information content (AvgIpc) is 2.50. The maximum atomic E-state index is 11.9. The van der Waals surface area contributed by atoms with E-state index < -0.39 is 15.8 Å². The maximum absolute atomic E-state index is 11.9. The number of ether oxygens (including phenoxy) is 1. The number of carbonyl (C=O) groups is 1. The van der Waals surface area contributed by atoms with Gasteiger partial charge in [-0.2, -0.15) is 0 Å². The molecule has 0 radical (unpaired) electrons. The first kappa shape index (κ1) is 11.7. The number of benzene rings is 1. The van der Waals surface area contributed by atoms with Crippen LogP contribution in [0.4, 0.5) is 0 Å². The van der Waals surface area contributed by atoms with E-state index in [0.29, 0.717) is 5.56 Å². The van der Waals surface area contributed by atoms with Crippen LogP contribution in [-0.4, -0.2) is 26.6 Å². The summed E-state index contributed by atoms with van der Waals surface area (Å²) in [6.07, 6.45) is -0.320. The first-order valence-corrected chi connectivity index (χ1v) is 6.35. The molecule has 0 aliphatic carbocycles. The molecular formula is C11H10O5S. The number of methoxy groups -OCH3 is 1. The van der Waals surface area contributed by atoms with E-state index in [2.05, 4.69) is 0 Å². The van der Waals surface area contributed by atoms with Gasteiger partial charge < -0.3 is 9.84 Å². The quantitative estimate of drug-likeness (QED) is 0.879. The molecule has 0 fully saturated rings. The SMILES string of the molecule is COc1cccc2c1S(=O)(=O)C=C2CC(=O)O. The van der Waals surface area contributed by atoms with Gasteiger partial charge in [-0.3, -0.25) is 4.79 Å². The molecule has 0 amide bonds. The van der Waals surface area contributed by atoms with Gasteiger partial charge in [0.25, 0.3) is 0 Å². The number of hydrogen-bond acceptors (Lipinski definition) is 4. The van der Waals surface area contributed by atoms with Crippen molar-refractivity contribution in [3.8, 4) is 5.75 Å². The molecule has 0 spiro atoms. The van der Waals surface area contributed by atoms with E-state index in [1.165, 1.54) is 13.2 Å². The molecule has 0 bridgehead atoms. The predicted molar refractivity (Wildman–Crippen MR) is 60.4 cm³/mol. The Morgan fingerprint density at radius 2 is 2.12 bits per heavy atom. The van der Waals surface area contributed by atoms with E-state index in [0.717, 1.165) is 5.41 Å². The zero-order valence-corrected chi connectivity index (χ0v) is 9.82. The summed E-state index contributed by atoms with van der Waals surface area (Å²) in [6.45, 7) is 0. The van der Waals surface area contributed by atoms with E-state index >= 15 is 0 Å². The minimum atomic E-state index is -3.59. The molecule has 1 aromatic carbocycles. The molecule has 0 atom stereocenters. The Kier molecular flexibility index (Phi) is 2.66. The Bertz CT molecular complexity index is 613. The highest BCUT2D eigenvalue weighted by molar-refractivity contribution is 7.95. The van der Waals surface area contributed by atoms with Gasteiger partial charge >= 0.3 is 5.97 Å². The fourth-order valence-electron chi connectivity index (χ4n) is 1.83. The minimum absolute atomic E-state index is 0.0544. The van der Waals surface area contributed by atoms with Gasteiger partial charge in [0.05, 0.1) is 13.5 Å². The second-order valence-corrected chi connectivity index (χ2v) is 5.33. The fourth-order valence-corrected chi connectivity index (χ4v) is 3.47. The molecule has 1 aliphatic heterocycles. The Morgan fingerprint density at radius 3 is 2.71 bits per heavy atom. The summed E-state index contributed by atoms with van der Waals surface area (Å²) in [4.78, 5) is 10.7. The number of sulfone groups is 1. The highest BCUT2D eigenvalue weighted by Crippen LogP contribution is 2.40. The molecule has 6 heteroatoms. The van der Waals surface area contributed by atoms with Gasteiger partial charge in [0.2, 0.25) is 9.84 Å². The van der Waals surface area contributed by atoms with Crippen LogP contribution in [0.5, 0.6) is 5.75 Å². The summed E-state index contributed by atoms with van der Waals surface area (Å²) in [5.41, 5.74) is 0.693. The lowest BCUT2D eigenvalue weighted by Gasteiger charge is -2.07. The molecule has 0 saturated heterocycles. The van der Waals surface area contributed by atoms with Crippen LogP contribution in [0.15, 0.2) is 28.5 Å². The zero-order valence-electron chi connectivity index (χ0n) is 9.00. The summed E-state index contributed by atoms with van der Waals surface area (Å²) in [5, 5.41) is 9.72. The van der Waals surface area contributed by atoms with Crippen LogP contribution in [0.1, 0.15) is 12.0 Å². The van der Waals surface area contributed by atoms with E-state index in [4.69, 9.17) is 9.84 Å². The predicted octanol–water partition coefficient (Wildman–Crippen LogP) is 1.30. The van der Waals surface area contributed by atoms with Crippen LogP contribution in [0.2, 0.25) is 0 Å². The van der Waals surface area contributed by atoms with Crippen molar-refractivity contribution in [2.45, 2.75) is 11.3 Å². The normalized spacial score (nSPS) is 16.2. The molecule has 0 unspecified atom stereocenters. The number of carboxylic acids is 1. The second-order valence-electron chi connectivity index (χ2n) is 3.60. The lowest BCUT2D eigenvalue weighted by atomic mass is 10.0. The van der Waals surface area contributed by atoms with Crippen molar-refractivity contribution < 1.29 is 23.1 Å². The summed E-state index contributed by atoms with van der Waals surface area (Å²) < 4.78 is 28.7. The molecule has 1 aromatic rings. The molecule has 0 saturated carbocycles. The smallest absolute Gasteiger partial charge is 0.307 e. The Hall–Kier alpha value is -1.82. The van der Waals surface area contributed by atoms with Crippen LogP contribution in [0.25, 0.3) is 5.57 Å². The van der Waals surface area contributed by atoms with Crippen molar-refractivity contribution in [3.05, 3.63) is 29.2 Å². The largest absolute Gasteiger partial charge is 0.495 e. The fraction of sp³-hybridized carbons (Fsp3) is 0.182. The van der Waals surface area contributed by atoms with Crippen molar-refractivity contribution in [1.82, 2.24) is 0 Å². The van der Waals surface area contributed by atoms with Gasteiger partial charge in [-0.15, -0.1) is 0 Å². The van der Waals surface area contributed by atoms with Crippen LogP contribution < -0.4 is 4.74 Å². The number of rotatable bonds is 3. The molecule has 1 N–H and O–H groups in total. The highest BCUT2D eigenvalue weighted by atomic mass is 32.2. The Balaban J connectivity index is 2.64. The molecule has 5 nitrogen and oxygen atoms in total. The second kappa shape index (κ2) is 3.89. The van der Waals surface area contributed by atoms with Crippen LogP contribution >= 0.6 is 0 Å². The van der Waals surface area contributed by atoms with E-state index in [1.807, 2.05) is 0 Å². The first-order chi connectivity index (χ1) is 7.95. The molecule has 1 aliphatic rings. The van der Waals surface area contributed by atoms with Gasteiger partial charge in [-0.25, -0.2) is 8.42 Å². The van der Waals surface area contributed by atoms with Gasteiger partial charge in [0.1, 0.15) is 10.6 Å². The maximum Gasteiger partial charge on any atom is 0.307 e. The third-order valence-corrected chi connectivity index (χ3v) is 4.05. The third-order valence-electron chi connectivity index (χ3n) is 2.47. The monoisotopic (exact) mass is 254 g/mol. The van der Waals surface area contributed by atoms with Crippen molar-refractivity contribution >= 4 is 21.4 Å². The topological polar surface area (TPSA) is 80.7 Å². The standard InChI is InChI=1S/C11H10O5S/c1-16-9-4-2-3-8-7(5-10(12)13)6-17(14,15)11(8)9/h2-4,6H,5H2,1H3,(H,12,13).